The van der Waals surface area contributed by atoms with Crippen molar-refractivity contribution < 1.29 is 4.79 Å². The summed E-state index contributed by atoms with van der Waals surface area (Å²) in [6, 6.07) is 0. The molecule has 0 heterocycles. The van der Waals surface area contributed by atoms with Crippen LogP contribution in [0.1, 0.15) is 13.3 Å². The van der Waals surface area contributed by atoms with E-state index in [2.05, 4.69) is 0 Å². The molecule has 0 saturated carbocycles. The van der Waals surface area contributed by atoms with E-state index in [1.807, 2.05) is 0 Å². The lowest BCUT2D eigenvalue weighted by atomic mass is 10.1. The molecule has 9 heavy (non-hydrogen) atoms. The van der Waals surface area contributed by atoms with Crippen LogP contribution in [0.15, 0.2) is 0 Å². The molecule has 0 rings (SSSR count). The van der Waals surface area contributed by atoms with Crippen LogP contribution in [0.3, 0.4) is 0 Å². The molecule has 54 valence electrons. The van der Waals surface area contributed by atoms with E-state index in [9.17, 15) is 4.79 Å². The highest BCUT2D eigenvalue weighted by Gasteiger charge is 2.22. The van der Waals surface area contributed by atoms with Crippen molar-refractivity contribution in [1.82, 2.24) is 0 Å². The Balaban J connectivity index is 3.59. The first-order chi connectivity index (χ1) is 3.95. The second-order valence-electron chi connectivity index (χ2n) is 1.93. The maximum Gasteiger partial charge on any atom is 0.191 e. The Labute approximate surface area is 69.3 Å². The third-order valence-electron chi connectivity index (χ3n) is 0.786. The molecular formula is C5H7Cl3O. The van der Waals surface area contributed by atoms with Gasteiger partial charge in [0.2, 0.25) is 0 Å². The molecule has 4 heteroatoms. The van der Waals surface area contributed by atoms with Crippen molar-refractivity contribution in [2.75, 3.05) is 0 Å². The van der Waals surface area contributed by atoms with E-state index >= 15 is 0 Å². The van der Waals surface area contributed by atoms with Crippen molar-refractivity contribution in [2.45, 2.75) is 17.1 Å². The van der Waals surface area contributed by atoms with Crippen molar-refractivity contribution in [1.29, 1.82) is 0 Å². The third kappa shape index (κ3) is 6.42. The third-order valence-corrected chi connectivity index (χ3v) is 1.25. The molecule has 1 nitrogen and oxygen atoms in total. The number of hydrogen-bond acceptors (Lipinski definition) is 1. The van der Waals surface area contributed by atoms with E-state index in [-0.39, 0.29) is 12.3 Å². The molecule has 1 unspecified atom stereocenters. The van der Waals surface area contributed by atoms with Gasteiger partial charge in [0, 0.05) is 12.3 Å². The predicted molar refractivity (Wildman–Crippen MR) is 40.1 cm³/mol. The molecule has 0 aliphatic heterocycles. The fraction of sp³-hybridized carbons (Fsp3) is 0.800. The van der Waals surface area contributed by atoms with Gasteiger partial charge in [0.25, 0.3) is 0 Å². The number of carbonyl (C=O) groups excluding carboxylic acids is 1. The largest absolute Gasteiger partial charge is 0.303 e. The molecule has 0 bridgehead atoms. The Morgan fingerprint density at radius 1 is 1.56 bits per heavy atom. The fourth-order valence-electron chi connectivity index (χ4n) is 0.413. The first-order valence-corrected chi connectivity index (χ1v) is 3.61. The lowest BCUT2D eigenvalue weighted by molar-refractivity contribution is -0.110. The van der Waals surface area contributed by atoms with Crippen molar-refractivity contribution >= 4 is 41.1 Å². The van der Waals surface area contributed by atoms with Crippen LogP contribution in [0.4, 0.5) is 0 Å². The Morgan fingerprint density at radius 3 is 2.11 bits per heavy atom. The van der Waals surface area contributed by atoms with Crippen LogP contribution in [0.5, 0.6) is 0 Å². The molecule has 0 aromatic rings. The van der Waals surface area contributed by atoms with Gasteiger partial charge in [0.05, 0.1) is 0 Å². The summed E-state index contributed by atoms with van der Waals surface area (Å²) in [5.74, 6) is -0.183. The molecule has 0 spiro atoms. The van der Waals surface area contributed by atoms with Crippen molar-refractivity contribution in [3.63, 3.8) is 0 Å². The zero-order chi connectivity index (χ0) is 7.49. The summed E-state index contributed by atoms with van der Waals surface area (Å²) in [7, 11) is 0. The van der Waals surface area contributed by atoms with Crippen LogP contribution < -0.4 is 0 Å². The van der Waals surface area contributed by atoms with Gasteiger partial charge in [-0.15, -0.1) is 0 Å². The van der Waals surface area contributed by atoms with E-state index in [0.29, 0.717) is 0 Å². The van der Waals surface area contributed by atoms with Gasteiger partial charge < -0.3 is 4.79 Å². The number of carbonyl (C=O) groups is 1. The van der Waals surface area contributed by atoms with Gasteiger partial charge in [0.1, 0.15) is 6.29 Å². The molecule has 1 atom stereocenters. The molecule has 0 aromatic carbocycles. The Kier molecular flexibility index (Phi) is 3.86. The number of hydrogen-bond donors (Lipinski definition) is 0. The minimum Gasteiger partial charge on any atom is -0.303 e. The quantitative estimate of drug-likeness (QED) is 0.482. The fourth-order valence-corrected chi connectivity index (χ4v) is 1.14. The van der Waals surface area contributed by atoms with Crippen LogP contribution in [0.25, 0.3) is 0 Å². The zero-order valence-corrected chi connectivity index (χ0v) is 7.17. The summed E-state index contributed by atoms with van der Waals surface area (Å²) in [5, 5.41) is 0. The van der Waals surface area contributed by atoms with Crippen molar-refractivity contribution in [3.8, 4) is 0 Å². The summed E-state index contributed by atoms with van der Waals surface area (Å²) >= 11 is 16.1. The van der Waals surface area contributed by atoms with Gasteiger partial charge >= 0.3 is 0 Å². The van der Waals surface area contributed by atoms with Crippen molar-refractivity contribution in [2.24, 2.45) is 5.92 Å². The van der Waals surface area contributed by atoms with Gasteiger partial charge in [-0.1, -0.05) is 41.7 Å². The molecular weight excluding hydrogens is 182 g/mol. The molecule has 0 amide bonds. The zero-order valence-electron chi connectivity index (χ0n) is 4.90. The predicted octanol–water partition coefficient (Wildman–Crippen LogP) is 2.58. The summed E-state index contributed by atoms with van der Waals surface area (Å²) in [6.07, 6.45) is 1.04. The molecule has 0 fully saturated rings. The smallest absolute Gasteiger partial charge is 0.191 e. The first kappa shape index (κ1) is 9.54. The van der Waals surface area contributed by atoms with Crippen LogP contribution in [0, 0.1) is 5.92 Å². The average molecular weight is 189 g/mol. The van der Waals surface area contributed by atoms with E-state index in [1.54, 1.807) is 6.92 Å². The second-order valence-corrected chi connectivity index (χ2v) is 4.45. The van der Waals surface area contributed by atoms with Gasteiger partial charge in [-0.2, -0.15) is 0 Å². The summed E-state index contributed by atoms with van der Waals surface area (Å²) in [6.45, 7) is 1.70. The van der Waals surface area contributed by atoms with E-state index in [1.165, 1.54) is 0 Å². The number of alkyl halides is 3. The highest BCUT2D eigenvalue weighted by molar-refractivity contribution is 6.67. The normalized spacial score (nSPS) is 15.1. The molecule has 0 aliphatic rings. The van der Waals surface area contributed by atoms with Crippen LogP contribution >= 0.6 is 34.8 Å². The minimum atomic E-state index is -1.29. The molecule has 0 aromatic heterocycles. The van der Waals surface area contributed by atoms with Gasteiger partial charge in [0.15, 0.2) is 3.79 Å². The minimum absolute atomic E-state index is 0.183. The molecule has 0 saturated heterocycles. The van der Waals surface area contributed by atoms with Gasteiger partial charge in [-0.05, 0) is 0 Å². The molecule has 0 N–H and O–H groups in total. The monoisotopic (exact) mass is 188 g/mol. The lowest BCUT2D eigenvalue weighted by Gasteiger charge is -2.11. The number of aldehydes is 1. The Hall–Kier alpha value is 0.540. The van der Waals surface area contributed by atoms with E-state index in [4.69, 9.17) is 34.8 Å². The van der Waals surface area contributed by atoms with Gasteiger partial charge in [-0.25, -0.2) is 0 Å². The lowest BCUT2D eigenvalue weighted by Crippen LogP contribution is -2.09. The Bertz CT molecular complexity index is 96.9. The van der Waals surface area contributed by atoms with E-state index < -0.39 is 3.79 Å². The van der Waals surface area contributed by atoms with Crippen LogP contribution in [-0.2, 0) is 4.79 Å². The van der Waals surface area contributed by atoms with Crippen molar-refractivity contribution in [3.05, 3.63) is 0 Å². The maximum atomic E-state index is 10.0. The summed E-state index contributed by atoms with van der Waals surface area (Å²) < 4.78 is -1.29. The maximum absolute atomic E-state index is 10.0. The highest BCUT2D eigenvalue weighted by Crippen LogP contribution is 2.32. The molecule has 0 aliphatic carbocycles. The second kappa shape index (κ2) is 3.65. The standard InChI is InChI=1S/C5H7Cl3O/c1-4(3-9)2-5(6,7)8/h3-4H,2H2,1H3. The summed E-state index contributed by atoms with van der Waals surface area (Å²) in [4.78, 5) is 10.0. The van der Waals surface area contributed by atoms with Crippen LogP contribution in [0.2, 0.25) is 0 Å². The number of rotatable bonds is 2. The first-order valence-electron chi connectivity index (χ1n) is 2.48. The molecule has 0 radical (unpaired) electrons. The SMILES string of the molecule is CC(C=O)CC(Cl)(Cl)Cl. The number of halogens is 3. The van der Waals surface area contributed by atoms with Crippen LogP contribution in [-0.4, -0.2) is 10.1 Å². The Morgan fingerprint density at radius 2 is 2.00 bits per heavy atom. The summed E-state index contributed by atoms with van der Waals surface area (Å²) in [5.41, 5.74) is 0. The van der Waals surface area contributed by atoms with Gasteiger partial charge in [-0.3, -0.25) is 0 Å². The topological polar surface area (TPSA) is 17.1 Å². The average Bonchev–Trinajstić information content (AvgIpc) is 1.62. The highest BCUT2D eigenvalue weighted by atomic mass is 35.6. The van der Waals surface area contributed by atoms with E-state index in [0.717, 1.165) is 6.29 Å².